The van der Waals surface area contributed by atoms with Gasteiger partial charge in [-0.2, -0.15) is 4.39 Å². The molecule has 1 rings (SSSR count). The number of phenols is 1. The summed E-state index contributed by atoms with van der Waals surface area (Å²) in [6.07, 6.45) is 2.01. The van der Waals surface area contributed by atoms with Crippen molar-refractivity contribution >= 4 is 0 Å². The highest BCUT2D eigenvalue weighted by atomic mass is 19.2. The van der Waals surface area contributed by atoms with Crippen molar-refractivity contribution in [1.82, 2.24) is 0 Å². The Labute approximate surface area is 80.7 Å². The molecule has 14 heavy (non-hydrogen) atoms. The minimum atomic E-state index is -1.25. The van der Waals surface area contributed by atoms with Crippen LogP contribution < -0.4 is 5.73 Å². The van der Waals surface area contributed by atoms with Crippen molar-refractivity contribution in [3.05, 3.63) is 42.0 Å². The van der Waals surface area contributed by atoms with Crippen LogP contribution in [0.5, 0.6) is 5.75 Å². The van der Waals surface area contributed by atoms with E-state index < -0.39 is 23.4 Å². The first-order valence-electron chi connectivity index (χ1n) is 4.10. The highest BCUT2D eigenvalue weighted by Gasteiger charge is 2.13. The van der Waals surface area contributed by atoms with Crippen LogP contribution in [0.2, 0.25) is 0 Å². The summed E-state index contributed by atoms with van der Waals surface area (Å²) in [5.74, 6) is -3.07. The van der Waals surface area contributed by atoms with Crippen molar-refractivity contribution in [2.75, 3.05) is 0 Å². The maximum atomic E-state index is 12.8. The Bertz CT molecular complexity index is 329. The lowest BCUT2D eigenvalue weighted by atomic mass is 10.0. The fourth-order valence-electron chi connectivity index (χ4n) is 1.12. The second kappa shape index (κ2) is 4.19. The summed E-state index contributed by atoms with van der Waals surface area (Å²) in [6.45, 7) is 3.48. The molecule has 1 unspecified atom stereocenters. The molecule has 0 aliphatic carbocycles. The molecular weight excluding hydrogens is 188 g/mol. The molecule has 1 aromatic rings. The highest BCUT2D eigenvalue weighted by Crippen LogP contribution is 2.24. The van der Waals surface area contributed by atoms with Crippen LogP contribution in [0.15, 0.2) is 24.8 Å². The van der Waals surface area contributed by atoms with Gasteiger partial charge in [-0.25, -0.2) is 4.39 Å². The van der Waals surface area contributed by atoms with Gasteiger partial charge in [-0.3, -0.25) is 0 Å². The molecule has 0 aliphatic rings. The first-order valence-corrected chi connectivity index (χ1v) is 4.10. The molecule has 2 nitrogen and oxygen atoms in total. The van der Waals surface area contributed by atoms with Crippen LogP contribution in [-0.4, -0.2) is 5.11 Å². The molecular formula is C10H11F2NO. The van der Waals surface area contributed by atoms with Crippen LogP contribution in [0.4, 0.5) is 8.78 Å². The second-order valence-electron chi connectivity index (χ2n) is 2.97. The van der Waals surface area contributed by atoms with Gasteiger partial charge in [-0.05, 0) is 24.1 Å². The average molecular weight is 199 g/mol. The van der Waals surface area contributed by atoms with Gasteiger partial charge in [0, 0.05) is 6.04 Å². The second-order valence-corrected chi connectivity index (χ2v) is 2.97. The SMILES string of the molecule is C=CCC(N)c1cc(O)c(F)c(F)c1. The van der Waals surface area contributed by atoms with Crippen molar-refractivity contribution in [3.63, 3.8) is 0 Å². The quantitative estimate of drug-likeness (QED) is 0.733. The summed E-state index contributed by atoms with van der Waals surface area (Å²) >= 11 is 0. The van der Waals surface area contributed by atoms with Gasteiger partial charge in [0.1, 0.15) is 0 Å². The van der Waals surface area contributed by atoms with E-state index in [-0.39, 0.29) is 0 Å². The van der Waals surface area contributed by atoms with Crippen LogP contribution in [-0.2, 0) is 0 Å². The van der Waals surface area contributed by atoms with Gasteiger partial charge >= 0.3 is 0 Å². The third-order valence-electron chi connectivity index (χ3n) is 1.88. The molecule has 0 saturated carbocycles. The van der Waals surface area contributed by atoms with Crippen molar-refractivity contribution in [1.29, 1.82) is 0 Å². The zero-order chi connectivity index (χ0) is 10.7. The minimum Gasteiger partial charge on any atom is -0.505 e. The Morgan fingerprint density at radius 1 is 1.50 bits per heavy atom. The zero-order valence-corrected chi connectivity index (χ0v) is 7.50. The van der Waals surface area contributed by atoms with Crippen LogP contribution in [0.25, 0.3) is 0 Å². The Morgan fingerprint density at radius 3 is 2.64 bits per heavy atom. The predicted octanol–water partition coefficient (Wildman–Crippen LogP) is 2.25. The molecule has 0 saturated heterocycles. The monoisotopic (exact) mass is 199 g/mol. The number of hydrogen-bond donors (Lipinski definition) is 2. The fourth-order valence-corrected chi connectivity index (χ4v) is 1.12. The summed E-state index contributed by atoms with van der Waals surface area (Å²) in [5, 5.41) is 9.00. The third kappa shape index (κ3) is 2.09. The van der Waals surface area contributed by atoms with Gasteiger partial charge in [-0.1, -0.05) is 6.08 Å². The number of nitrogens with two attached hydrogens (primary N) is 1. The fraction of sp³-hybridized carbons (Fsp3) is 0.200. The van der Waals surface area contributed by atoms with Gasteiger partial charge in [0.05, 0.1) is 0 Å². The molecule has 0 radical (unpaired) electrons. The van der Waals surface area contributed by atoms with E-state index in [9.17, 15) is 8.78 Å². The van der Waals surface area contributed by atoms with Crippen LogP contribution in [0.3, 0.4) is 0 Å². The number of benzene rings is 1. The van der Waals surface area contributed by atoms with E-state index in [1.54, 1.807) is 6.08 Å². The Kier molecular flexibility index (Phi) is 3.19. The summed E-state index contributed by atoms with van der Waals surface area (Å²) < 4.78 is 25.5. The highest BCUT2D eigenvalue weighted by molar-refractivity contribution is 5.32. The molecule has 3 N–H and O–H groups in total. The van der Waals surface area contributed by atoms with Gasteiger partial charge in [0.15, 0.2) is 17.4 Å². The normalized spacial score (nSPS) is 12.5. The molecule has 4 heteroatoms. The molecule has 0 aromatic heterocycles. The molecule has 1 atom stereocenters. The van der Waals surface area contributed by atoms with Crippen molar-refractivity contribution in [2.45, 2.75) is 12.5 Å². The van der Waals surface area contributed by atoms with Crippen molar-refractivity contribution < 1.29 is 13.9 Å². The van der Waals surface area contributed by atoms with Crippen molar-refractivity contribution in [2.24, 2.45) is 5.73 Å². The maximum Gasteiger partial charge on any atom is 0.200 e. The predicted molar refractivity (Wildman–Crippen MR) is 49.8 cm³/mol. The van der Waals surface area contributed by atoms with E-state index in [1.165, 1.54) is 0 Å². The summed E-state index contributed by atoms with van der Waals surface area (Å²) in [5.41, 5.74) is 5.97. The number of rotatable bonds is 3. The third-order valence-corrected chi connectivity index (χ3v) is 1.88. The Balaban J connectivity index is 3.05. The van der Waals surface area contributed by atoms with E-state index in [0.717, 1.165) is 12.1 Å². The minimum absolute atomic E-state index is 0.348. The summed E-state index contributed by atoms with van der Waals surface area (Å²) in [6, 6.07) is 1.61. The number of hydrogen-bond acceptors (Lipinski definition) is 2. The Hall–Kier alpha value is -1.42. The molecule has 0 aliphatic heterocycles. The van der Waals surface area contributed by atoms with E-state index in [0.29, 0.717) is 12.0 Å². The summed E-state index contributed by atoms with van der Waals surface area (Å²) in [4.78, 5) is 0. The maximum absolute atomic E-state index is 12.8. The summed E-state index contributed by atoms with van der Waals surface area (Å²) in [7, 11) is 0. The van der Waals surface area contributed by atoms with Crippen LogP contribution >= 0.6 is 0 Å². The molecule has 0 fully saturated rings. The van der Waals surface area contributed by atoms with Gasteiger partial charge < -0.3 is 10.8 Å². The van der Waals surface area contributed by atoms with Crippen LogP contribution in [0.1, 0.15) is 18.0 Å². The lowest BCUT2D eigenvalue weighted by molar-refractivity contribution is 0.405. The average Bonchev–Trinajstić information content (AvgIpc) is 2.13. The molecule has 0 heterocycles. The molecule has 1 aromatic carbocycles. The topological polar surface area (TPSA) is 46.2 Å². The van der Waals surface area contributed by atoms with Gasteiger partial charge in [-0.15, -0.1) is 6.58 Å². The van der Waals surface area contributed by atoms with Crippen LogP contribution in [0, 0.1) is 11.6 Å². The van der Waals surface area contributed by atoms with E-state index in [1.807, 2.05) is 0 Å². The first-order chi connectivity index (χ1) is 6.56. The molecule has 76 valence electrons. The number of halogens is 2. The zero-order valence-electron chi connectivity index (χ0n) is 7.50. The lowest BCUT2D eigenvalue weighted by Crippen LogP contribution is -2.09. The number of phenolic OH excluding ortho intramolecular Hbond substituents is 1. The van der Waals surface area contributed by atoms with E-state index in [4.69, 9.17) is 10.8 Å². The number of aromatic hydroxyl groups is 1. The Morgan fingerprint density at radius 2 is 2.14 bits per heavy atom. The lowest BCUT2D eigenvalue weighted by Gasteiger charge is -2.10. The molecule has 0 bridgehead atoms. The van der Waals surface area contributed by atoms with Crippen molar-refractivity contribution in [3.8, 4) is 5.75 Å². The van der Waals surface area contributed by atoms with Gasteiger partial charge in [0.2, 0.25) is 0 Å². The molecule has 0 amide bonds. The van der Waals surface area contributed by atoms with E-state index >= 15 is 0 Å². The van der Waals surface area contributed by atoms with E-state index in [2.05, 4.69) is 6.58 Å². The molecule has 0 spiro atoms. The van der Waals surface area contributed by atoms with Gasteiger partial charge in [0.25, 0.3) is 0 Å². The first kappa shape index (κ1) is 10.7. The largest absolute Gasteiger partial charge is 0.505 e. The smallest absolute Gasteiger partial charge is 0.200 e. The standard InChI is InChI=1S/C10H11F2NO/c1-2-3-8(13)6-4-7(11)10(12)9(14)5-6/h2,4-5,8,14H,1,3,13H2.